The molecule has 1 aromatic carbocycles. The van der Waals surface area contributed by atoms with E-state index in [1.807, 2.05) is 18.2 Å². The summed E-state index contributed by atoms with van der Waals surface area (Å²) in [5.41, 5.74) is 2.59. The second-order valence-corrected chi connectivity index (χ2v) is 5.90. The molecule has 22 heavy (non-hydrogen) atoms. The highest BCUT2D eigenvalue weighted by Gasteiger charge is 2.24. The standard InChI is InChI=1S/C17H20N4O/c1-11(2)13-5-3-4-6-14(13)21-16-10-18-15(9-19-16)17(22)20-12-7-8-12/h3-6,9-12H,7-8H2,1-2H3,(H,19,21)(H,20,22). The third kappa shape index (κ3) is 3.42. The summed E-state index contributed by atoms with van der Waals surface area (Å²) >= 11 is 0. The number of rotatable bonds is 5. The van der Waals surface area contributed by atoms with Crippen molar-refractivity contribution in [2.75, 3.05) is 5.32 Å². The molecule has 1 heterocycles. The second-order valence-electron chi connectivity index (χ2n) is 5.90. The maximum absolute atomic E-state index is 11.9. The van der Waals surface area contributed by atoms with Crippen LogP contribution in [-0.4, -0.2) is 21.9 Å². The Balaban J connectivity index is 1.72. The number of nitrogens with zero attached hydrogens (tertiary/aromatic N) is 2. The minimum absolute atomic E-state index is 0.149. The SMILES string of the molecule is CC(C)c1ccccc1Nc1cnc(C(=O)NC2CC2)cn1. The monoisotopic (exact) mass is 296 g/mol. The van der Waals surface area contributed by atoms with E-state index in [0.29, 0.717) is 23.5 Å². The first-order chi connectivity index (χ1) is 10.6. The highest BCUT2D eigenvalue weighted by atomic mass is 16.2. The van der Waals surface area contributed by atoms with Crippen LogP contribution in [0.4, 0.5) is 11.5 Å². The number of nitrogens with one attached hydrogen (secondary N) is 2. The van der Waals surface area contributed by atoms with Crippen molar-refractivity contribution >= 4 is 17.4 Å². The number of hydrogen-bond donors (Lipinski definition) is 2. The predicted molar refractivity (Wildman–Crippen MR) is 86.3 cm³/mol. The van der Waals surface area contributed by atoms with Gasteiger partial charge in [-0.1, -0.05) is 32.0 Å². The van der Waals surface area contributed by atoms with Crippen molar-refractivity contribution < 1.29 is 4.79 Å². The van der Waals surface area contributed by atoms with Crippen LogP contribution in [0.5, 0.6) is 0 Å². The normalized spacial score (nSPS) is 14.0. The molecule has 0 atom stereocenters. The minimum Gasteiger partial charge on any atom is -0.348 e. The van der Waals surface area contributed by atoms with Crippen LogP contribution in [0.3, 0.4) is 0 Å². The van der Waals surface area contributed by atoms with Gasteiger partial charge in [0.15, 0.2) is 0 Å². The first kappa shape index (κ1) is 14.5. The fraction of sp³-hybridized carbons (Fsp3) is 0.353. The average Bonchev–Trinajstić information content (AvgIpc) is 3.32. The smallest absolute Gasteiger partial charge is 0.271 e. The maximum Gasteiger partial charge on any atom is 0.271 e. The van der Waals surface area contributed by atoms with Crippen LogP contribution < -0.4 is 10.6 Å². The number of hydrogen-bond acceptors (Lipinski definition) is 4. The van der Waals surface area contributed by atoms with Crippen molar-refractivity contribution in [1.29, 1.82) is 0 Å². The summed E-state index contributed by atoms with van der Waals surface area (Å²) in [5, 5.41) is 6.17. The van der Waals surface area contributed by atoms with Crippen LogP contribution in [0, 0.1) is 0 Å². The molecule has 2 aromatic rings. The molecule has 0 unspecified atom stereocenters. The predicted octanol–water partition coefficient (Wildman–Crippen LogP) is 3.24. The first-order valence-corrected chi connectivity index (χ1v) is 7.62. The number of anilines is 2. The van der Waals surface area contributed by atoms with Crippen molar-refractivity contribution in [2.45, 2.75) is 38.6 Å². The molecule has 0 saturated heterocycles. The van der Waals surface area contributed by atoms with Crippen LogP contribution in [0.15, 0.2) is 36.7 Å². The van der Waals surface area contributed by atoms with Crippen molar-refractivity contribution in [3.05, 3.63) is 47.9 Å². The Hall–Kier alpha value is -2.43. The fourth-order valence-corrected chi connectivity index (χ4v) is 2.25. The average molecular weight is 296 g/mol. The first-order valence-electron chi connectivity index (χ1n) is 7.62. The van der Waals surface area contributed by atoms with Gasteiger partial charge in [0.2, 0.25) is 0 Å². The van der Waals surface area contributed by atoms with Crippen molar-refractivity contribution in [2.24, 2.45) is 0 Å². The molecule has 114 valence electrons. The summed E-state index contributed by atoms with van der Waals surface area (Å²) in [7, 11) is 0. The van der Waals surface area contributed by atoms with Gasteiger partial charge in [0.05, 0.1) is 12.4 Å². The molecule has 1 aliphatic rings. The molecule has 5 heteroatoms. The molecule has 5 nitrogen and oxygen atoms in total. The number of carbonyl (C=O) groups is 1. The van der Waals surface area contributed by atoms with Crippen molar-refractivity contribution in [3.8, 4) is 0 Å². The van der Waals surface area contributed by atoms with Gasteiger partial charge in [-0.15, -0.1) is 0 Å². The molecule has 1 fully saturated rings. The number of benzene rings is 1. The molecule has 1 amide bonds. The third-order valence-corrected chi connectivity index (χ3v) is 3.64. The molecule has 0 bridgehead atoms. The van der Waals surface area contributed by atoms with E-state index in [9.17, 15) is 4.79 Å². The highest BCUT2D eigenvalue weighted by molar-refractivity contribution is 5.92. The summed E-state index contributed by atoms with van der Waals surface area (Å²) in [6.45, 7) is 4.30. The Bertz CT molecular complexity index is 663. The summed E-state index contributed by atoms with van der Waals surface area (Å²) in [6, 6.07) is 8.45. The Kier molecular flexibility index (Phi) is 4.04. The van der Waals surface area contributed by atoms with Gasteiger partial charge in [-0.2, -0.15) is 0 Å². The zero-order valence-corrected chi connectivity index (χ0v) is 12.8. The molecule has 3 rings (SSSR count). The summed E-state index contributed by atoms with van der Waals surface area (Å²) < 4.78 is 0. The van der Waals surface area contributed by atoms with E-state index in [0.717, 1.165) is 18.5 Å². The summed E-state index contributed by atoms with van der Waals surface area (Å²) in [4.78, 5) is 20.4. The van der Waals surface area contributed by atoms with Crippen molar-refractivity contribution in [1.82, 2.24) is 15.3 Å². The van der Waals surface area contributed by atoms with Crippen LogP contribution in [-0.2, 0) is 0 Å². The number of para-hydroxylation sites is 1. The van der Waals surface area contributed by atoms with Crippen LogP contribution in [0.1, 0.15) is 48.7 Å². The molecule has 0 aliphatic heterocycles. The van der Waals surface area contributed by atoms with Gasteiger partial charge in [-0.05, 0) is 30.4 Å². The molecule has 0 radical (unpaired) electrons. The molecular weight excluding hydrogens is 276 g/mol. The van der Waals surface area contributed by atoms with Crippen LogP contribution >= 0.6 is 0 Å². The van der Waals surface area contributed by atoms with E-state index in [1.54, 1.807) is 6.20 Å². The fourth-order valence-electron chi connectivity index (χ4n) is 2.25. The highest BCUT2D eigenvalue weighted by Crippen LogP contribution is 2.26. The third-order valence-electron chi connectivity index (χ3n) is 3.64. The molecule has 2 N–H and O–H groups in total. The Morgan fingerprint density at radius 3 is 2.59 bits per heavy atom. The van der Waals surface area contributed by atoms with Gasteiger partial charge in [-0.25, -0.2) is 9.97 Å². The number of amides is 1. The van der Waals surface area contributed by atoms with E-state index in [-0.39, 0.29) is 5.91 Å². The van der Waals surface area contributed by atoms with Gasteiger partial charge < -0.3 is 10.6 Å². The van der Waals surface area contributed by atoms with Gasteiger partial charge in [-0.3, -0.25) is 4.79 Å². The molecule has 1 aliphatic carbocycles. The number of carbonyl (C=O) groups excluding carboxylic acids is 1. The summed E-state index contributed by atoms with van der Waals surface area (Å²) in [5.74, 6) is 0.903. The minimum atomic E-state index is -0.149. The van der Waals surface area contributed by atoms with E-state index >= 15 is 0 Å². The van der Waals surface area contributed by atoms with E-state index in [1.165, 1.54) is 11.8 Å². The maximum atomic E-state index is 11.9. The van der Waals surface area contributed by atoms with E-state index < -0.39 is 0 Å². The zero-order valence-electron chi connectivity index (χ0n) is 12.8. The lowest BCUT2D eigenvalue weighted by Gasteiger charge is -2.13. The molecule has 0 spiro atoms. The van der Waals surface area contributed by atoms with Gasteiger partial charge in [0.25, 0.3) is 5.91 Å². The van der Waals surface area contributed by atoms with Gasteiger partial charge in [0, 0.05) is 11.7 Å². The zero-order chi connectivity index (χ0) is 15.5. The largest absolute Gasteiger partial charge is 0.348 e. The lowest BCUT2D eigenvalue weighted by atomic mass is 10.0. The van der Waals surface area contributed by atoms with Crippen molar-refractivity contribution in [3.63, 3.8) is 0 Å². The van der Waals surface area contributed by atoms with Gasteiger partial charge >= 0.3 is 0 Å². The molecule has 1 aromatic heterocycles. The van der Waals surface area contributed by atoms with Crippen LogP contribution in [0.2, 0.25) is 0 Å². The Morgan fingerprint density at radius 1 is 1.18 bits per heavy atom. The quantitative estimate of drug-likeness (QED) is 0.889. The lowest BCUT2D eigenvalue weighted by Crippen LogP contribution is -2.26. The molecule has 1 saturated carbocycles. The van der Waals surface area contributed by atoms with E-state index in [2.05, 4.69) is 40.5 Å². The van der Waals surface area contributed by atoms with Gasteiger partial charge in [0.1, 0.15) is 11.5 Å². The molecular formula is C17H20N4O. The second kappa shape index (κ2) is 6.13. The number of aromatic nitrogens is 2. The topological polar surface area (TPSA) is 66.9 Å². The van der Waals surface area contributed by atoms with E-state index in [4.69, 9.17) is 0 Å². The van der Waals surface area contributed by atoms with Crippen LogP contribution in [0.25, 0.3) is 0 Å². The Labute approximate surface area is 130 Å². The lowest BCUT2D eigenvalue weighted by molar-refractivity contribution is 0.0945. The Morgan fingerprint density at radius 2 is 1.95 bits per heavy atom. The summed E-state index contributed by atoms with van der Waals surface area (Å²) in [6.07, 6.45) is 5.23.